The van der Waals surface area contributed by atoms with E-state index in [-0.39, 0.29) is 16.1 Å². The van der Waals surface area contributed by atoms with Gasteiger partial charge in [0.2, 0.25) is 0 Å². The van der Waals surface area contributed by atoms with Crippen molar-refractivity contribution in [3.63, 3.8) is 0 Å². The molecule has 3 rings (SSSR count). The Balaban J connectivity index is 1.94. The highest BCUT2D eigenvalue weighted by Crippen LogP contribution is 2.22. The van der Waals surface area contributed by atoms with Crippen molar-refractivity contribution >= 4 is 42.6 Å². The summed E-state index contributed by atoms with van der Waals surface area (Å²) in [5, 5.41) is 4.82. The maximum absolute atomic E-state index is 12.7. The van der Waals surface area contributed by atoms with Gasteiger partial charge in [0.25, 0.3) is 21.5 Å². The normalized spacial score (nSPS) is 11.6. The van der Waals surface area contributed by atoms with Gasteiger partial charge in [-0.25, -0.2) is 13.1 Å². The molecule has 1 heterocycles. The molecule has 10 heteroatoms. The van der Waals surface area contributed by atoms with E-state index in [9.17, 15) is 18.0 Å². The molecule has 0 bridgehead atoms. The van der Waals surface area contributed by atoms with E-state index in [1.165, 1.54) is 10.7 Å². The average molecular weight is 479 g/mol. The summed E-state index contributed by atoms with van der Waals surface area (Å²) in [6.45, 7) is 4.06. The van der Waals surface area contributed by atoms with E-state index in [1.807, 2.05) is 13.8 Å². The van der Waals surface area contributed by atoms with Crippen molar-refractivity contribution in [2.45, 2.75) is 31.7 Å². The first-order valence-electron chi connectivity index (χ1n) is 8.82. The predicted octanol–water partition coefficient (Wildman–Crippen LogP) is 2.50. The fourth-order valence-electron chi connectivity index (χ4n) is 2.82. The minimum Gasteiger partial charge on any atom is -0.272 e. The van der Waals surface area contributed by atoms with Crippen LogP contribution in [0.4, 0.5) is 0 Å². The number of benzene rings is 2. The third-order valence-electron chi connectivity index (χ3n) is 4.19. The SMILES string of the molecule is CCCn1nc(C(=O)NNS(=O)(=O)c2ccc(C)cc2Br)c2ccccc2c1=O. The molecule has 1 aromatic heterocycles. The summed E-state index contributed by atoms with van der Waals surface area (Å²) in [7, 11) is -4.02. The number of sulfonamides is 1. The summed E-state index contributed by atoms with van der Waals surface area (Å²) in [6, 6.07) is 11.3. The molecule has 0 aliphatic rings. The molecular weight excluding hydrogens is 460 g/mol. The predicted molar refractivity (Wildman–Crippen MR) is 113 cm³/mol. The monoisotopic (exact) mass is 478 g/mol. The van der Waals surface area contributed by atoms with E-state index in [0.717, 1.165) is 5.56 Å². The zero-order valence-corrected chi connectivity index (χ0v) is 18.2. The van der Waals surface area contributed by atoms with Gasteiger partial charge in [-0.3, -0.25) is 15.0 Å². The van der Waals surface area contributed by atoms with Crippen molar-refractivity contribution in [3.05, 3.63) is 68.5 Å². The van der Waals surface area contributed by atoms with E-state index >= 15 is 0 Å². The number of hydrogen-bond acceptors (Lipinski definition) is 5. The molecule has 0 saturated heterocycles. The first kappa shape index (κ1) is 21.2. The summed E-state index contributed by atoms with van der Waals surface area (Å²) < 4.78 is 26.7. The summed E-state index contributed by atoms with van der Waals surface area (Å²) >= 11 is 3.22. The zero-order valence-electron chi connectivity index (χ0n) is 15.8. The zero-order chi connectivity index (χ0) is 21.2. The van der Waals surface area contributed by atoms with Crippen LogP contribution in [0.5, 0.6) is 0 Å². The number of aromatic nitrogens is 2. The second kappa shape index (κ2) is 8.44. The maximum Gasteiger partial charge on any atom is 0.287 e. The highest BCUT2D eigenvalue weighted by molar-refractivity contribution is 9.10. The molecule has 152 valence electrons. The minimum absolute atomic E-state index is 0.0165. The second-order valence-electron chi connectivity index (χ2n) is 6.42. The van der Waals surface area contributed by atoms with Crippen LogP contribution >= 0.6 is 15.9 Å². The number of amides is 1. The summed E-state index contributed by atoms with van der Waals surface area (Å²) in [5.41, 5.74) is 2.72. The van der Waals surface area contributed by atoms with E-state index < -0.39 is 15.9 Å². The lowest BCUT2D eigenvalue weighted by atomic mass is 10.1. The molecule has 3 aromatic rings. The van der Waals surface area contributed by atoms with Gasteiger partial charge >= 0.3 is 0 Å². The molecule has 1 amide bonds. The van der Waals surface area contributed by atoms with E-state index in [1.54, 1.807) is 36.4 Å². The Kier molecular flexibility index (Phi) is 6.15. The van der Waals surface area contributed by atoms with Gasteiger partial charge in [0.05, 0.1) is 10.3 Å². The minimum atomic E-state index is -4.02. The number of aryl methyl sites for hydroxylation is 2. The molecule has 2 N–H and O–H groups in total. The van der Waals surface area contributed by atoms with Crippen LogP contribution < -0.4 is 15.8 Å². The summed E-state index contributed by atoms with van der Waals surface area (Å²) in [5.74, 6) is -0.766. The smallest absolute Gasteiger partial charge is 0.272 e. The van der Waals surface area contributed by atoms with Gasteiger partial charge in [-0.15, -0.1) is 4.83 Å². The quantitative estimate of drug-likeness (QED) is 0.528. The fraction of sp³-hybridized carbons (Fsp3) is 0.211. The Bertz CT molecular complexity index is 1250. The molecule has 2 aromatic carbocycles. The van der Waals surface area contributed by atoms with Crippen LogP contribution in [0.1, 0.15) is 29.4 Å². The number of nitrogens with one attached hydrogen (secondary N) is 2. The topological polar surface area (TPSA) is 110 Å². The maximum atomic E-state index is 12.7. The number of rotatable bonds is 6. The van der Waals surface area contributed by atoms with Crippen LogP contribution in [0, 0.1) is 6.92 Å². The number of hydrogen-bond donors (Lipinski definition) is 2. The van der Waals surface area contributed by atoms with Crippen molar-refractivity contribution < 1.29 is 13.2 Å². The van der Waals surface area contributed by atoms with Crippen LogP contribution in [0.3, 0.4) is 0 Å². The first-order valence-corrected chi connectivity index (χ1v) is 11.1. The number of halogens is 1. The van der Waals surface area contributed by atoms with E-state index in [4.69, 9.17) is 0 Å². The van der Waals surface area contributed by atoms with Gasteiger partial charge in [0.1, 0.15) is 0 Å². The van der Waals surface area contributed by atoms with Gasteiger partial charge in [-0.05, 0) is 53.0 Å². The number of nitrogens with zero attached hydrogens (tertiary/aromatic N) is 2. The molecule has 0 radical (unpaired) electrons. The van der Waals surface area contributed by atoms with Crippen molar-refractivity contribution in [3.8, 4) is 0 Å². The molecule has 8 nitrogen and oxygen atoms in total. The molecular formula is C19H19BrN4O4S. The van der Waals surface area contributed by atoms with Crippen LogP contribution in [0.15, 0.2) is 56.6 Å². The van der Waals surface area contributed by atoms with Crippen LogP contribution in [0.25, 0.3) is 10.8 Å². The third-order valence-corrected chi connectivity index (χ3v) is 6.42. The third kappa shape index (κ3) is 4.39. The molecule has 0 saturated carbocycles. The largest absolute Gasteiger partial charge is 0.287 e. The van der Waals surface area contributed by atoms with E-state index in [0.29, 0.717) is 28.2 Å². The Morgan fingerprint density at radius 1 is 1.17 bits per heavy atom. The lowest BCUT2D eigenvalue weighted by molar-refractivity contribution is 0.0939. The summed E-state index contributed by atoms with van der Waals surface area (Å²) in [6.07, 6.45) is 0.653. The van der Waals surface area contributed by atoms with Crippen molar-refractivity contribution in [1.29, 1.82) is 0 Å². The van der Waals surface area contributed by atoms with Crippen LogP contribution in [-0.4, -0.2) is 24.1 Å². The Hall–Kier alpha value is -2.56. The number of carbonyl (C=O) groups excluding carboxylic acids is 1. The molecule has 0 fully saturated rings. The van der Waals surface area contributed by atoms with Crippen molar-refractivity contribution in [1.82, 2.24) is 20.0 Å². The molecule has 0 aliphatic heterocycles. The average Bonchev–Trinajstić information content (AvgIpc) is 2.68. The number of carbonyl (C=O) groups is 1. The highest BCUT2D eigenvalue weighted by atomic mass is 79.9. The van der Waals surface area contributed by atoms with Crippen molar-refractivity contribution in [2.75, 3.05) is 0 Å². The van der Waals surface area contributed by atoms with Crippen LogP contribution in [0.2, 0.25) is 0 Å². The van der Waals surface area contributed by atoms with Crippen molar-refractivity contribution in [2.24, 2.45) is 0 Å². The highest BCUT2D eigenvalue weighted by Gasteiger charge is 2.21. The lowest BCUT2D eigenvalue weighted by Crippen LogP contribution is -2.42. The summed E-state index contributed by atoms with van der Waals surface area (Å²) in [4.78, 5) is 27.3. The Labute approximate surface area is 176 Å². The van der Waals surface area contributed by atoms with Gasteiger partial charge in [-0.1, -0.05) is 31.2 Å². The molecule has 29 heavy (non-hydrogen) atoms. The molecule has 0 aliphatic carbocycles. The standard InChI is InChI=1S/C19H19BrN4O4S/c1-3-10-24-19(26)14-7-5-4-6-13(14)17(22-24)18(25)21-23-29(27,28)16-9-8-12(2)11-15(16)20/h4-9,11,23H,3,10H2,1-2H3,(H,21,25). The van der Waals surface area contributed by atoms with E-state index in [2.05, 4.69) is 31.3 Å². The van der Waals surface area contributed by atoms with Crippen LogP contribution in [-0.2, 0) is 16.6 Å². The lowest BCUT2D eigenvalue weighted by Gasteiger charge is -2.12. The second-order valence-corrected chi connectivity index (χ2v) is 8.92. The number of hydrazine groups is 1. The Morgan fingerprint density at radius 2 is 1.86 bits per heavy atom. The molecule has 0 atom stereocenters. The number of fused-ring (bicyclic) bond motifs is 1. The first-order chi connectivity index (χ1) is 13.7. The van der Waals surface area contributed by atoms with Gasteiger partial charge in [-0.2, -0.15) is 5.10 Å². The van der Waals surface area contributed by atoms with Gasteiger partial charge in [0, 0.05) is 16.4 Å². The van der Waals surface area contributed by atoms with Gasteiger partial charge < -0.3 is 0 Å². The molecule has 0 spiro atoms. The van der Waals surface area contributed by atoms with Gasteiger partial charge in [0.15, 0.2) is 5.69 Å². The molecule has 0 unspecified atom stereocenters. The fourth-order valence-corrected chi connectivity index (χ4v) is 4.85. The Morgan fingerprint density at radius 3 is 2.52 bits per heavy atom.